The standard InChI is InChI=1S/C12H15N3O2S2/c1-8-6-12(18-10(8)7-13)19(16,17)15-11-5-3-4-9(2)14-11/h3-6H,7,13H2,1-2H3,(H,14,15). The molecule has 0 spiro atoms. The molecule has 5 nitrogen and oxygen atoms in total. The minimum Gasteiger partial charge on any atom is -0.326 e. The van der Waals surface area contributed by atoms with Gasteiger partial charge in [0.15, 0.2) is 0 Å². The number of nitrogens with zero attached hydrogens (tertiary/aromatic N) is 1. The highest BCUT2D eigenvalue weighted by Gasteiger charge is 2.19. The molecule has 0 atom stereocenters. The molecule has 102 valence electrons. The Labute approximate surface area is 116 Å². The van der Waals surface area contributed by atoms with Gasteiger partial charge in [0.2, 0.25) is 0 Å². The van der Waals surface area contributed by atoms with E-state index in [1.165, 1.54) is 11.3 Å². The van der Waals surface area contributed by atoms with Gasteiger partial charge in [-0.2, -0.15) is 0 Å². The molecular formula is C12H15N3O2S2. The summed E-state index contributed by atoms with van der Waals surface area (Å²) in [6.07, 6.45) is 0. The number of anilines is 1. The third-order valence-corrected chi connectivity index (χ3v) is 5.66. The molecule has 2 heterocycles. The van der Waals surface area contributed by atoms with E-state index in [0.717, 1.165) is 16.1 Å². The average molecular weight is 297 g/mol. The van der Waals surface area contributed by atoms with Crippen molar-refractivity contribution in [3.05, 3.63) is 40.4 Å². The third kappa shape index (κ3) is 3.12. The zero-order valence-electron chi connectivity index (χ0n) is 10.7. The lowest BCUT2D eigenvalue weighted by Gasteiger charge is -2.05. The van der Waals surface area contributed by atoms with Gasteiger partial charge >= 0.3 is 0 Å². The van der Waals surface area contributed by atoms with E-state index < -0.39 is 10.0 Å². The largest absolute Gasteiger partial charge is 0.326 e. The summed E-state index contributed by atoms with van der Waals surface area (Å²) in [6, 6.07) is 6.81. The zero-order valence-corrected chi connectivity index (χ0v) is 12.3. The Balaban J connectivity index is 2.32. The molecule has 0 bridgehead atoms. The molecule has 0 aliphatic rings. The first kappa shape index (κ1) is 14.0. The van der Waals surface area contributed by atoms with E-state index in [1.807, 2.05) is 6.92 Å². The van der Waals surface area contributed by atoms with Crippen LogP contribution in [0.3, 0.4) is 0 Å². The minimum atomic E-state index is -3.59. The van der Waals surface area contributed by atoms with Gasteiger partial charge in [0.1, 0.15) is 10.0 Å². The molecular weight excluding hydrogens is 282 g/mol. The van der Waals surface area contributed by atoms with E-state index in [0.29, 0.717) is 12.4 Å². The van der Waals surface area contributed by atoms with E-state index in [4.69, 9.17) is 5.73 Å². The van der Waals surface area contributed by atoms with Crippen molar-refractivity contribution in [1.29, 1.82) is 0 Å². The molecule has 2 aromatic heterocycles. The van der Waals surface area contributed by atoms with Crippen LogP contribution < -0.4 is 10.5 Å². The number of rotatable bonds is 4. The Hall–Kier alpha value is -1.44. The maximum absolute atomic E-state index is 12.2. The number of hydrogen-bond donors (Lipinski definition) is 2. The van der Waals surface area contributed by atoms with Crippen LogP contribution in [0.25, 0.3) is 0 Å². The first-order chi connectivity index (χ1) is 8.92. The molecule has 0 saturated heterocycles. The summed E-state index contributed by atoms with van der Waals surface area (Å²) >= 11 is 1.19. The molecule has 2 aromatic rings. The molecule has 2 rings (SSSR count). The summed E-state index contributed by atoms with van der Waals surface area (Å²) in [5.74, 6) is 0.320. The number of thiophene rings is 1. The fourth-order valence-corrected chi connectivity index (χ4v) is 4.08. The van der Waals surface area contributed by atoms with Gasteiger partial charge in [-0.25, -0.2) is 13.4 Å². The minimum absolute atomic E-state index is 0.258. The van der Waals surface area contributed by atoms with Crippen molar-refractivity contribution in [3.63, 3.8) is 0 Å². The quantitative estimate of drug-likeness (QED) is 0.904. The predicted molar refractivity (Wildman–Crippen MR) is 76.7 cm³/mol. The Morgan fingerprint density at radius 1 is 1.37 bits per heavy atom. The number of sulfonamides is 1. The van der Waals surface area contributed by atoms with Gasteiger partial charge in [-0.05, 0) is 37.6 Å². The third-order valence-electron chi connectivity index (χ3n) is 2.58. The van der Waals surface area contributed by atoms with E-state index >= 15 is 0 Å². The van der Waals surface area contributed by atoms with Crippen molar-refractivity contribution >= 4 is 27.2 Å². The first-order valence-electron chi connectivity index (χ1n) is 5.68. The highest BCUT2D eigenvalue weighted by atomic mass is 32.2. The Morgan fingerprint density at radius 2 is 2.11 bits per heavy atom. The Morgan fingerprint density at radius 3 is 2.68 bits per heavy atom. The zero-order chi connectivity index (χ0) is 14.0. The molecule has 19 heavy (non-hydrogen) atoms. The molecule has 0 aromatic carbocycles. The maximum atomic E-state index is 12.2. The second-order valence-corrected chi connectivity index (χ2v) is 7.19. The van der Waals surface area contributed by atoms with Crippen molar-refractivity contribution in [2.45, 2.75) is 24.6 Å². The van der Waals surface area contributed by atoms with E-state index in [1.54, 1.807) is 31.2 Å². The number of nitrogens with one attached hydrogen (secondary N) is 1. The van der Waals surface area contributed by atoms with Crippen molar-refractivity contribution in [2.75, 3.05) is 4.72 Å². The summed E-state index contributed by atoms with van der Waals surface area (Å²) in [5, 5.41) is 0. The summed E-state index contributed by atoms with van der Waals surface area (Å²) in [5.41, 5.74) is 7.21. The molecule has 0 fully saturated rings. The summed E-state index contributed by atoms with van der Waals surface area (Å²) in [7, 11) is -3.59. The topological polar surface area (TPSA) is 85.1 Å². The molecule has 0 amide bonds. The monoisotopic (exact) mass is 297 g/mol. The lowest BCUT2D eigenvalue weighted by molar-refractivity contribution is 0.603. The van der Waals surface area contributed by atoms with Crippen molar-refractivity contribution in [3.8, 4) is 0 Å². The molecule has 0 aliphatic carbocycles. The Kier molecular flexibility index (Phi) is 3.88. The van der Waals surface area contributed by atoms with Gasteiger partial charge in [-0.3, -0.25) is 4.72 Å². The average Bonchev–Trinajstić information content (AvgIpc) is 2.71. The first-order valence-corrected chi connectivity index (χ1v) is 7.98. The van der Waals surface area contributed by atoms with Crippen LogP contribution in [0.15, 0.2) is 28.5 Å². The van der Waals surface area contributed by atoms with Gasteiger partial charge < -0.3 is 5.73 Å². The van der Waals surface area contributed by atoms with Gasteiger partial charge in [-0.15, -0.1) is 11.3 Å². The summed E-state index contributed by atoms with van der Waals surface area (Å²) < 4.78 is 27.2. The van der Waals surface area contributed by atoms with Crippen LogP contribution in [-0.4, -0.2) is 13.4 Å². The SMILES string of the molecule is Cc1cccc(NS(=O)(=O)c2cc(C)c(CN)s2)n1. The van der Waals surface area contributed by atoms with Crippen molar-refractivity contribution in [1.82, 2.24) is 4.98 Å². The van der Waals surface area contributed by atoms with E-state index in [9.17, 15) is 8.42 Å². The van der Waals surface area contributed by atoms with Gasteiger partial charge in [0.25, 0.3) is 10.0 Å². The maximum Gasteiger partial charge on any atom is 0.272 e. The van der Waals surface area contributed by atoms with E-state index in [-0.39, 0.29) is 4.21 Å². The number of hydrogen-bond acceptors (Lipinski definition) is 5. The van der Waals surface area contributed by atoms with Crippen LogP contribution in [0.2, 0.25) is 0 Å². The smallest absolute Gasteiger partial charge is 0.272 e. The fraction of sp³-hybridized carbons (Fsp3) is 0.250. The fourth-order valence-electron chi connectivity index (χ4n) is 1.61. The van der Waals surface area contributed by atoms with Crippen LogP contribution in [-0.2, 0) is 16.6 Å². The lowest BCUT2D eigenvalue weighted by atomic mass is 10.3. The summed E-state index contributed by atoms with van der Waals surface area (Å²) in [4.78, 5) is 5.00. The van der Waals surface area contributed by atoms with Crippen molar-refractivity contribution in [2.24, 2.45) is 5.73 Å². The lowest BCUT2D eigenvalue weighted by Crippen LogP contribution is -2.12. The van der Waals surface area contributed by atoms with E-state index in [2.05, 4.69) is 9.71 Å². The van der Waals surface area contributed by atoms with Gasteiger partial charge in [0, 0.05) is 17.1 Å². The number of pyridine rings is 1. The van der Waals surface area contributed by atoms with Crippen LogP contribution >= 0.6 is 11.3 Å². The second kappa shape index (κ2) is 5.28. The van der Waals surface area contributed by atoms with Gasteiger partial charge in [-0.1, -0.05) is 6.07 Å². The number of aryl methyl sites for hydroxylation is 2. The molecule has 3 N–H and O–H groups in total. The highest BCUT2D eigenvalue weighted by Crippen LogP contribution is 2.26. The van der Waals surface area contributed by atoms with Crippen LogP contribution in [0.4, 0.5) is 5.82 Å². The molecule has 7 heteroatoms. The molecule has 0 radical (unpaired) electrons. The summed E-state index contributed by atoms with van der Waals surface area (Å²) in [6.45, 7) is 4.00. The van der Waals surface area contributed by atoms with Crippen LogP contribution in [0.1, 0.15) is 16.1 Å². The van der Waals surface area contributed by atoms with Crippen molar-refractivity contribution < 1.29 is 8.42 Å². The molecule has 0 saturated carbocycles. The predicted octanol–water partition coefficient (Wildman–Crippen LogP) is 2.02. The number of nitrogens with two attached hydrogens (primary N) is 1. The highest BCUT2D eigenvalue weighted by molar-refractivity contribution is 7.94. The molecule has 0 unspecified atom stereocenters. The number of aromatic nitrogens is 1. The van der Waals surface area contributed by atoms with Gasteiger partial charge in [0.05, 0.1) is 0 Å². The Bertz CT molecular complexity index is 693. The molecule has 0 aliphatic heterocycles. The van der Waals surface area contributed by atoms with Crippen LogP contribution in [0.5, 0.6) is 0 Å². The van der Waals surface area contributed by atoms with Crippen LogP contribution in [0, 0.1) is 13.8 Å². The normalized spacial score (nSPS) is 11.5. The second-order valence-electron chi connectivity index (χ2n) is 4.15.